The van der Waals surface area contributed by atoms with Gasteiger partial charge in [-0.05, 0) is 61.1 Å². The Bertz CT molecular complexity index is 1120. The van der Waals surface area contributed by atoms with Crippen molar-refractivity contribution in [1.82, 2.24) is 14.9 Å². The van der Waals surface area contributed by atoms with Crippen molar-refractivity contribution in [2.24, 2.45) is 16.7 Å². The highest BCUT2D eigenvalue weighted by atomic mass is 19.3. The zero-order valence-electron chi connectivity index (χ0n) is 21.6. The number of nitriles is 1. The van der Waals surface area contributed by atoms with Gasteiger partial charge in [0.15, 0.2) is 11.4 Å². The summed E-state index contributed by atoms with van der Waals surface area (Å²) in [5.74, 6) is -1.17. The maximum atomic E-state index is 15.6. The minimum absolute atomic E-state index is 0.0450. The molecule has 1 aromatic heterocycles. The fourth-order valence-corrected chi connectivity index (χ4v) is 4.70. The second kappa shape index (κ2) is 10.9. The lowest BCUT2D eigenvalue weighted by Gasteiger charge is -2.33. The van der Waals surface area contributed by atoms with E-state index in [-0.39, 0.29) is 35.6 Å². The zero-order chi connectivity index (χ0) is 26.7. The van der Waals surface area contributed by atoms with Crippen LogP contribution < -0.4 is 10.1 Å². The van der Waals surface area contributed by atoms with E-state index in [0.29, 0.717) is 25.2 Å². The summed E-state index contributed by atoms with van der Waals surface area (Å²) in [5, 5.41) is 12.4. The first-order valence-corrected chi connectivity index (χ1v) is 12.4. The quantitative estimate of drug-likeness (QED) is 0.463. The van der Waals surface area contributed by atoms with Gasteiger partial charge in [-0.3, -0.25) is 9.36 Å². The lowest BCUT2D eigenvalue weighted by Crippen LogP contribution is -2.39. The number of amides is 1. The average Bonchev–Trinajstić information content (AvgIpc) is 3.14. The van der Waals surface area contributed by atoms with Gasteiger partial charge in [0.05, 0.1) is 17.2 Å². The number of hydrogen-bond acceptors (Lipinski definition) is 4. The van der Waals surface area contributed by atoms with Gasteiger partial charge in [-0.2, -0.15) is 18.4 Å². The molecule has 1 amide bonds. The number of alkyl halides is 2. The zero-order valence-corrected chi connectivity index (χ0v) is 21.6. The summed E-state index contributed by atoms with van der Waals surface area (Å²) in [6, 6.07) is 7.06. The topological polar surface area (TPSA) is 79.9 Å². The molecule has 0 radical (unpaired) electrons. The van der Waals surface area contributed by atoms with E-state index < -0.39 is 29.6 Å². The molecule has 1 aromatic carbocycles. The van der Waals surface area contributed by atoms with E-state index in [4.69, 9.17) is 4.74 Å². The Labute approximate surface area is 210 Å². The molecule has 0 unspecified atom stereocenters. The Morgan fingerprint density at radius 3 is 2.56 bits per heavy atom. The number of carbonyl (C=O) groups is 1. The Morgan fingerprint density at radius 2 is 2.00 bits per heavy atom. The van der Waals surface area contributed by atoms with Gasteiger partial charge in [0.2, 0.25) is 5.95 Å². The van der Waals surface area contributed by atoms with Crippen molar-refractivity contribution in [3.05, 3.63) is 41.2 Å². The van der Waals surface area contributed by atoms with Gasteiger partial charge in [0.1, 0.15) is 5.82 Å². The van der Waals surface area contributed by atoms with Crippen LogP contribution in [0.2, 0.25) is 0 Å². The smallest absolute Gasteiger partial charge is 0.387 e. The van der Waals surface area contributed by atoms with Crippen LogP contribution in [0.25, 0.3) is 5.69 Å². The molecule has 0 spiro atoms. The van der Waals surface area contributed by atoms with Gasteiger partial charge in [-0.25, -0.2) is 4.98 Å². The van der Waals surface area contributed by atoms with Crippen LogP contribution >= 0.6 is 0 Å². The molecular formula is C27H35F3N4O2. The molecule has 2 aromatic rings. The first-order chi connectivity index (χ1) is 16.9. The van der Waals surface area contributed by atoms with Crippen molar-refractivity contribution in [2.45, 2.75) is 79.8 Å². The molecule has 0 bridgehead atoms. The molecular weight excluding hydrogens is 469 g/mol. The normalized spacial score (nSPS) is 20.3. The van der Waals surface area contributed by atoms with E-state index in [0.717, 1.165) is 23.0 Å². The van der Waals surface area contributed by atoms with Crippen LogP contribution in [0.4, 0.5) is 13.2 Å². The lowest BCUT2D eigenvalue weighted by molar-refractivity contribution is -0.0499. The van der Waals surface area contributed by atoms with Gasteiger partial charge in [-0.15, -0.1) is 0 Å². The number of aryl methyl sites for hydroxylation is 1. The second-order valence-corrected chi connectivity index (χ2v) is 11.0. The average molecular weight is 505 g/mol. The van der Waals surface area contributed by atoms with E-state index in [1.165, 1.54) is 12.1 Å². The summed E-state index contributed by atoms with van der Waals surface area (Å²) in [4.78, 5) is 17.1. The van der Waals surface area contributed by atoms with Crippen molar-refractivity contribution >= 4 is 5.91 Å². The van der Waals surface area contributed by atoms with Crippen molar-refractivity contribution < 1.29 is 22.7 Å². The third kappa shape index (κ3) is 6.40. The van der Waals surface area contributed by atoms with E-state index in [2.05, 4.69) is 23.3 Å². The molecule has 1 aliphatic carbocycles. The van der Waals surface area contributed by atoms with Crippen molar-refractivity contribution in [3.63, 3.8) is 0 Å². The number of benzene rings is 1. The fraction of sp³-hybridized carbons (Fsp3) is 0.593. The standard InChI is InChI=1S/C27H35F3N4O2/c1-6-21-33-22(24(35)32-16-27(15-31)11-9-17(2)10-12-27)23(28)34(21)19-8-7-18(14-26(3,4)5)13-20(19)36-25(29)30/h7-8,13,17,25H,6,9-12,14,16H2,1-5H3,(H,32,35). The Kier molecular flexibility index (Phi) is 8.37. The van der Waals surface area contributed by atoms with Crippen LogP contribution in [0.5, 0.6) is 5.75 Å². The number of imidazole rings is 1. The van der Waals surface area contributed by atoms with Crippen LogP contribution in [0.1, 0.15) is 82.2 Å². The van der Waals surface area contributed by atoms with Gasteiger partial charge in [0, 0.05) is 13.0 Å². The van der Waals surface area contributed by atoms with E-state index in [9.17, 15) is 18.8 Å². The highest BCUT2D eigenvalue weighted by molar-refractivity contribution is 5.92. The third-order valence-corrected chi connectivity index (χ3v) is 6.69. The number of nitrogens with one attached hydrogen (secondary N) is 1. The van der Waals surface area contributed by atoms with E-state index in [1.807, 2.05) is 20.8 Å². The van der Waals surface area contributed by atoms with E-state index >= 15 is 4.39 Å². The molecule has 1 saturated carbocycles. The molecule has 6 nitrogen and oxygen atoms in total. The number of halogens is 3. The van der Waals surface area contributed by atoms with Crippen molar-refractivity contribution in [1.29, 1.82) is 5.26 Å². The number of hydrogen-bond donors (Lipinski definition) is 1. The van der Waals surface area contributed by atoms with Gasteiger partial charge in [0.25, 0.3) is 5.91 Å². The molecule has 1 aliphatic rings. The molecule has 0 atom stereocenters. The minimum atomic E-state index is -3.10. The van der Waals surface area contributed by atoms with Gasteiger partial charge < -0.3 is 10.1 Å². The lowest BCUT2D eigenvalue weighted by atomic mass is 9.72. The largest absolute Gasteiger partial charge is 0.433 e. The van der Waals surface area contributed by atoms with Crippen LogP contribution in [-0.4, -0.2) is 28.6 Å². The Morgan fingerprint density at radius 1 is 1.33 bits per heavy atom. The van der Waals surface area contributed by atoms with Crippen LogP contribution in [0, 0.1) is 34.0 Å². The predicted octanol–water partition coefficient (Wildman–Crippen LogP) is 6.21. The summed E-state index contributed by atoms with van der Waals surface area (Å²) >= 11 is 0. The van der Waals surface area contributed by atoms with Crippen LogP contribution in [0.3, 0.4) is 0 Å². The highest BCUT2D eigenvalue weighted by Crippen LogP contribution is 2.38. The SMILES string of the molecule is CCc1nc(C(=O)NCC2(C#N)CCC(C)CC2)c(F)n1-c1ccc(CC(C)(C)C)cc1OC(F)F. The molecule has 9 heteroatoms. The number of carbonyl (C=O) groups excluding carboxylic acids is 1. The highest BCUT2D eigenvalue weighted by Gasteiger charge is 2.35. The van der Waals surface area contributed by atoms with Crippen molar-refractivity contribution in [2.75, 3.05) is 6.54 Å². The maximum absolute atomic E-state index is 15.6. The first kappa shape index (κ1) is 27.6. The summed E-state index contributed by atoms with van der Waals surface area (Å²) in [5.41, 5.74) is -0.409. The van der Waals surface area contributed by atoms with Gasteiger partial charge >= 0.3 is 6.61 Å². The van der Waals surface area contributed by atoms with Crippen LogP contribution in [0.15, 0.2) is 18.2 Å². The van der Waals surface area contributed by atoms with Gasteiger partial charge in [-0.1, -0.05) is 40.7 Å². The summed E-state index contributed by atoms with van der Waals surface area (Å²) in [6.07, 6.45) is 3.97. The molecule has 0 aliphatic heterocycles. The molecule has 1 N–H and O–H groups in total. The fourth-order valence-electron chi connectivity index (χ4n) is 4.70. The molecule has 196 valence electrons. The molecule has 0 saturated heterocycles. The maximum Gasteiger partial charge on any atom is 0.387 e. The summed E-state index contributed by atoms with van der Waals surface area (Å²) in [6.45, 7) is 6.93. The summed E-state index contributed by atoms with van der Waals surface area (Å²) < 4.78 is 47.9. The molecule has 1 fully saturated rings. The number of ether oxygens (including phenoxy) is 1. The number of aromatic nitrogens is 2. The first-order valence-electron chi connectivity index (χ1n) is 12.4. The van der Waals surface area contributed by atoms with E-state index in [1.54, 1.807) is 13.0 Å². The minimum Gasteiger partial charge on any atom is -0.433 e. The Hall–Kier alpha value is -3.02. The second-order valence-electron chi connectivity index (χ2n) is 11.0. The monoisotopic (exact) mass is 504 g/mol. The van der Waals surface area contributed by atoms with Crippen molar-refractivity contribution in [3.8, 4) is 17.5 Å². The molecule has 3 rings (SSSR count). The molecule has 36 heavy (non-hydrogen) atoms. The predicted molar refractivity (Wildman–Crippen MR) is 131 cm³/mol. The number of nitrogens with zero attached hydrogens (tertiary/aromatic N) is 3. The molecule has 1 heterocycles. The van der Waals surface area contributed by atoms with Crippen LogP contribution in [-0.2, 0) is 12.8 Å². The number of rotatable bonds is 8. The third-order valence-electron chi connectivity index (χ3n) is 6.69. The Balaban J connectivity index is 1.93. The summed E-state index contributed by atoms with van der Waals surface area (Å²) in [7, 11) is 0.